The quantitative estimate of drug-likeness (QED) is 0.844. The normalized spacial score (nSPS) is 10.8. The van der Waals surface area contributed by atoms with Gasteiger partial charge in [0.15, 0.2) is 0 Å². The molecule has 0 aromatic carbocycles. The van der Waals surface area contributed by atoms with Crippen LogP contribution in [0.1, 0.15) is 17.7 Å². The van der Waals surface area contributed by atoms with Gasteiger partial charge in [-0.05, 0) is 28.7 Å². The molecule has 0 aliphatic carbocycles. The van der Waals surface area contributed by atoms with E-state index in [4.69, 9.17) is 5.11 Å². The van der Waals surface area contributed by atoms with Crippen molar-refractivity contribution in [3.05, 3.63) is 27.1 Å². The summed E-state index contributed by atoms with van der Waals surface area (Å²) in [5, 5.41) is 8.62. The molecule has 0 atom stereocenters. The maximum atomic E-state index is 12.2. The third-order valence-corrected chi connectivity index (χ3v) is 2.24. The third-order valence-electron chi connectivity index (χ3n) is 1.34. The maximum absolute atomic E-state index is 12.2. The smallest absolute Gasteiger partial charge is 0.264 e. The molecule has 1 aromatic rings. The van der Waals surface area contributed by atoms with E-state index in [0.29, 0.717) is 3.57 Å². The van der Waals surface area contributed by atoms with Crippen LogP contribution in [0.4, 0.5) is 8.78 Å². The highest BCUT2D eigenvalue weighted by molar-refractivity contribution is 14.1. The van der Waals surface area contributed by atoms with Crippen molar-refractivity contribution >= 4 is 22.6 Å². The highest BCUT2D eigenvalue weighted by Crippen LogP contribution is 2.24. The number of pyridine rings is 1. The van der Waals surface area contributed by atoms with Gasteiger partial charge in [-0.15, -0.1) is 0 Å². The number of halogens is 3. The van der Waals surface area contributed by atoms with Crippen LogP contribution in [-0.4, -0.2) is 10.1 Å². The first kappa shape index (κ1) is 9.79. The summed E-state index contributed by atoms with van der Waals surface area (Å²) in [7, 11) is 0. The number of aliphatic hydroxyl groups excluding tert-OH is 1. The van der Waals surface area contributed by atoms with E-state index in [1.807, 2.05) is 0 Å². The minimum absolute atomic E-state index is 0.0744. The van der Waals surface area contributed by atoms with E-state index in [0.717, 1.165) is 0 Å². The molecule has 0 bridgehead atoms. The Bertz CT molecular complexity index is 280. The van der Waals surface area contributed by atoms with E-state index < -0.39 is 6.43 Å². The zero-order valence-electron chi connectivity index (χ0n) is 5.97. The second-order valence-corrected chi connectivity index (χ2v) is 3.32. The van der Waals surface area contributed by atoms with Crippen LogP contribution in [0.2, 0.25) is 0 Å². The van der Waals surface area contributed by atoms with Gasteiger partial charge in [0, 0.05) is 15.3 Å². The summed E-state index contributed by atoms with van der Waals surface area (Å²) in [4.78, 5) is 3.75. The fraction of sp³-hybridized carbons (Fsp3) is 0.286. The SMILES string of the molecule is OCc1cc(C(F)F)c(I)cn1. The van der Waals surface area contributed by atoms with Gasteiger partial charge in [-0.1, -0.05) is 0 Å². The molecular formula is C7H6F2INO. The predicted octanol–water partition coefficient (Wildman–Crippen LogP) is 2.12. The van der Waals surface area contributed by atoms with Crippen LogP contribution in [-0.2, 0) is 6.61 Å². The zero-order valence-corrected chi connectivity index (χ0v) is 8.12. The Labute approximate surface area is 81.8 Å². The van der Waals surface area contributed by atoms with Gasteiger partial charge in [0.2, 0.25) is 0 Å². The molecule has 0 saturated carbocycles. The molecule has 1 aromatic heterocycles. The molecule has 0 spiro atoms. The molecule has 66 valence electrons. The Morgan fingerprint density at radius 2 is 2.25 bits per heavy atom. The summed E-state index contributed by atoms with van der Waals surface area (Å²) in [6.45, 7) is -0.309. The van der Waals surface area contributed by atoms with Gasteiger partial charge in [-0.3, -0.25) is 4.98 Å². The number of nitrogens with zero attached hydrogens (tertiary/aromatic N) is 1. The van der Waals surface area contributed by atoms with Crippen molar-refractivity contribution in [1.82, 2.24) is 4.98 Å². The second kappa shape index (κ2) is 4.08. The van der Waals surface area contributed by atoms with Gasteiger partial charge in [-0.2, -0.15) is 0 Å². The van der Waals surface area contributed by atoms with Crippen molar-refractivity contribution in [2.75, 3.05) is 0 Å². The number of aliphatic hydroxyl groups is 1. The minimum atomic E-state index is -2.51. The number of aromatic nitrogens is 1. The van der Waals surface area contributed by atoms with Crippen LogP contribution in [0.25, 0.3) is 0 Å². The second-order valence-electron chi connectivity index (χ2n) is 2.16. The Hall–Kier alpha value is -0.300. The van der Waals surface area contributed by atoms with E-state index in [9.17, 15) is 8.78 Å². The molecule has 0 saturated heterocycles. The molecule has 5 heteroatoms. The first-order chi connectivity index (χ1) is 5.65. The largest absolute Gasteiger partial charge is 0.390 e. The lowest BCUT2D eigenvalue weighted by atomic mass is 10.2. The summed E-state index contributed by atoms with van der Waals surface area (Å²) >= 11 is 1.78. The van der Waals surface area contributed by atoms with Crippen molar-refractivity contribution < 1.29 is 13.9 Å². The molecular weight excluding hydrogens is 279 g/mol. The Morgan fingerprint density at radius 1 is 1.58 bits per heavy atom. The average Bonchev–Trinajstić information content (AvgIpc) is 2.05. The topological polar surface area (TPSA) is 33.1 Å². The fourth-order valence-corrected chi connectivity index (χ4v) is 1.28. The monoisotopic (exact) mass is 285 g/mol. The standard InChI is InChI=1S/C7H6F2INO/c8-7(9)5-1-4(3-12)11-2-6(5)10/h1-2,7,12H,3H2. The van der Waals surface area contributed by atoms with Gasteiger partial charge in [0.05, 0.1) is 12.3 Å². The van der Waals surface area contributed by atoms with E-state index in [2.05, 4.69) is 4.98 Å². The van der Waals surface area contributed by atoms with Crippen LogP contribution in [0.5, 0.6) is 0 Å². The molecule has 1 heterocycles. The lowest BCUT2D eigenvalue weighted by Gasteiger charge is -2.03. The van der Waals surface area contributed by atoms with E-state index in [1.165, 1.54) is 12.3 Å². The summed E-state index contributed by atoms with van der Waals surface area (Å²) in [5.41, 5.74) is 0.195. The number of alkyl halides is 2. The first-order valence-electron chi connectivity index (χ1n) is 3.18. The highest BCUT2D eigenvalue weighted by atomic mass is 127. The Kier molecular flexibility index (Phi) is 3.33. The summed E-state index contributed by atoms with van der Waals surface area (Å²) in [6, 6.07) is 1.21. The number of hydrogen-bond donors (Lipinski definition) is 1. The first-order valence-corrected chi connectivity index (χ1v) is 4.26. The molecule has 0 aliphatic rings. The van der Waals surface area contributed by atoms with Crippen molar-refractivity contribution in [3.8, 4) is 0 Å². The van der Waals surface area contributed by atoms with Crippen molar-refractivity contribution in [2.45, 2.75) is 13.0 Å². The highest BCUT2D eigenvalue weighted by Gasteiger charge is 2.12. The van der Waals surface area contributed by atoms with Crippen LogP contribution >= 0.6 is 22.6 Å². The molecule has 12 heavy (non-hydrogen) atoms. The molecule has 0 radical (unpaired) electrons. The molecule has 0 unspecified atom stereocenters. The van der Waals surface area contributed by atoms with Crippen molar-refractivity contribution in [2.24, 2.45) is 0 Å². The Morgan fingerprint density at radius 3 is 2.75 bits per heavy atom. The molecule has 1 N–H and O–H groups in total. The Balaban J connectivity index is 3.08. The fourth-order valence-electron chi connectivity index (χ4n) is 0.754. The lowest BCUT2D eigenvalue weighted by Crippen LogP contribution is -1.96. The molecule has 0 aliphatic heterocycles. The zero-order chi connectivity index (χ0) is 9.14. The molecule has 0 amide bonds. The van der Waals surface area contributed by atoms with Gasteiger partial charge in [0.25, 0.3) is 6.43 Å². The van der Waals surface area contributed by atoms with E-state index >= 15 is 0 Å². The summed E-state index contributed by atoms with van der Waals surface area (Å²) in [6.07, 6.45) is -1.18. The summed E-state index contributed by atoms with van der Waals surface area (Å²) in [5.74, 6) is 0. The van der Waals surface area contributed by atoms with Crippen molar-refractivity contribution in [1.29, 1.82) is 0 Å². The average molecular weight is 285 g/mol. The molecule has 2 nitrogen and oxygen atoms in total. The minimum Gasteiger partial charge on any atom is -0.390 e. The number of hydrogen-bond acceptors (Lipinski definition) is 2. The van der Waals surface area contributed by atoms with Crippen LogP contribution in [0, 0.1) is 3.57 Å². The molecule has 1 rings (SSSR count). The van der Waals surface area contributed by atoms with Crippen LogP contribution < -0.4 is 0 Å². The van der Waals surface area contributed by atoms with Gasteiger partial charge >= 0.3 is 0 Å². The van der Waals surface area contributed by atoms with Gasteiger partial charge < -0.3 is 5.11 Å². The van der Waals surface area contributed by atoms with E-state index in [1.54, 1.807) is 22.6 Å². The number of rotatable bonds is 2. The van der Waals surface area contributed by atoms with E-state index in [-0.39, 0.29) is 17.9 Å². The third kappa shape index (κ3) is 2.10. The van der Waals surface area contributed by atoms with Crippen LogP contribution in [0.15, 0.2) is 12.3 Å². The van der Waals surface area contributed by atoms with Crippen molar-refractivity contribution in [3.63, 3.8) is 0 Å². The maximum Gasteiger partial charge on any atom is 0.264 e. The van der Waals surface area contributed by atoms with Gasteiger partial charge in [-0.25, -0.2) is 8.78 Å². The van der Waals surface area contributed by atoms with Crippen LogP contribution in [0.3, 0.4) is 0 Å². The lowest BCUT2D eigenvalue weighted by molar-refractivity contribution is 0.150. The van der Waals surface area contributed by atoms with Gasteiger partial charge in [0.1, 0.15) is 0 Å². The summed E-state index contributed by atoms with van der Waals surface area (Å²) < 4.78 is 24.9. The predicted molar refractivity (Wildman–Crippen MR) is 47.8 cm³/mol. The molecule has 0 fully saturated rings.